The molecule has 5 heteroatoms. The summed E-state index contributed by atoms with van der Waals surface area (Å²) in [6.45, 7) is 0. The van der Waals surface area contributed by atoms with Gasteiger partial charge in [0.05, 0.1) is 12.8 Å². The average Bonchev–Trinajstić information content (AvgIpc) is 2.28. The Bertz CT molecular complexity index is 245. The molecule has 1 aromatic heterocycles. The smallest absolute Gasteiger partial charge is 0.197 e. The number of nitrogen functional groups attached to an aromatic ring is 1. The van der Waals surface area contributed by atoms with E-state index in [9.17, 15) is 0 Å². The van der Waals surface area contributed by atoms with Crippen LogP contribution in [0.2, 0.25) is 0 Å². The van der Waals surface area contributed by atoms with Gasteiger partial charge in [0.25, 0.3) is 0 Å². The van der Waals surface area contributed by atoms with E-state index >= 15 is 0 Å². The molecule has 62 valence electrons. The van der Waals surface area contributed by atoms with Crippen LogP contribution in [0.15, 0.2) is 6.20 Å². The third-order valence-corrected chi connectivity index (χ3v) is 1.41. The van der Waals surface area contributed by atoms with Crippen LogP contribution in [0, 0.1) is 0 Å². The molecule has 1 aromatic rings. The van der Waals surface area contributed by atoms with Gasteiger partial charge in [-0.3, -0.25) is 9.52 Å². The maximum atomic E-state index is 5.61. The number of nitrogens with two attached hydrogens (primary N) is 1. The molecule has 0 saturated carbocycles. The fourth-order valence-electron chi connectivity index (χ4n) is 0.826. The van der Waals surface area contributed by atoms with Gasteiger partial charge in [-0.2, -0.15) is 5.10 Å². The number of hydrogen-bond acceptors (Lipinski definition) is 4. The Labute approximate surface area is 65.3 Å². The van der Waals surface area contributed by atoms with Crippen molar-refractivity contribution in [1.29, 1.82) is 0 Å². The summed E-state index contributed by atoms with van der Waals surface area (Å²) in [5, 5.41) is 5.58. The zero-order valence-electron chi connectivity index (χ0n) is 6.90. The number of anilines is 2. The summed E-state index contributed by atoms with van der Waals surface area (Å²) >= 11 is 0. The highest BCUT2D eigenvalue weighted by Gasteiger charge is 2.07. The molecule has 0 fully saturated rings. The van der Waals surface area contributed by atoms with E-state index < -0.39 is 0 Å². The summed E-state index contributed by atoms with van der Waals surface area (Å²) in [4.78, 5) is 4.91. The molecule has 1 heterocycles. The highest BCUT2D eigenvalue weighted by Crippen LogP contribution is 2.17. The molecule has 0 atom stereocenters. The zero-order valence-corrected chi connectivity index (χ0v) is 6.90. The monoisotopic (exact) mass is 156 g/mol. The molecule has 0 radical (unpaired) electrons. The Morgan fingerprint density at radius 2 is 2.36 bits per heavy atom. The van der Waals surface area contributed by atoms with Gasteiger partial charge in [-0.05, 0) is 0 Å². The maximum Gasteiger partial charge on any atom is 0.197 e. The van der Waals surface area contributed by atoms with Crippen molar-refractivity contribution in [2.24, 2.45) is 7.05 Å². The predicted octanol–water partition coefficient (Wildman–Crippen LogP) is -0.000100. The summed E-state index contributed by atoms with van der Waals surface area (Å²) in [5.41, 5.74) is 6.22. The number of aryl methyl sites for hydroxylation is 1. The lowest BCUT2D eigenvalue weighted by Crippen LogP contribution is -2.16. The molecule has 0 saturated heterocycles. The molecule has 2 N–H and O–H groups in total. The third kappa shape index (κ3) is 1.43. The lowest BCUT2D eigenvalue weighted by molar-refractivity contribution is 0.182. The summed E-state index contributed by atoms with van der Waals surface area (Å²) in [5.74, 6) is 0.634. The predicted molar refractivity (Wildman–Crippen MR) is 43.0 cm³/mol. The molecule has 0 bridgehead atoms. The van der Waals surface area contributed by atoms with Gasteiger partial charge in [0.1, 0.15) is 0 Å². The lowest BCUT2D eigenvalue weighted by atomic mass is 10.5. The van der Waals surface area contributed by atoms with E-state index in [0.717, 1.165) is 0 Å². The highest BCUT2D eigenvalue weighted by molar-refractivity contribution is 5.59. The topological polar surface area (TPSA) is 56.3 Å². The summed E-state index contributed by atoms with van der Waals surface area (Å²) in [7, 11) is 5.12. The highest BCUT2D eigenvalue weighted by atomic mass is 16.7. The summed E-state index contributed by atoms with van der Waals surface area (Å²) in [6.07, 6.45) is 1.73. The number of rotatable bonds is 2. The minimum Gasteiger partial charge on any atom is -0.394 e. The Morgan fingerprint density at radius 3 is 2.73 bits per heavy atom. The van der Waals surface area contributed by atoms with Gasteiger partial charge in [-0.1, -0.05) is 0 Å². The standard InChI is InChI=1S/C6H12N4O/c1-9-4-5(7)6(8-9)10(2)11-3/h4H,7H2,1-3H3. The van der Waals surface area contributed by atoms with Crippen molar-refractivity contribution in [2.45, 2.75) is 0 Å². The summed E-state index contributed by atoms with van der Waals surface area (Å²) < 4.78 is 1.64. The van der Waals surface area contributed by atoms with Crippen LogP contribution in [-0.4, -0.2) is 23.9 Å². The van der Waals surface area contributed by atoms with E-state index in [-0.39, 0.29) is 0 Å². The lowest BCUT2D eigenvalue weighted by Gasteiger charge is -2.12. The fraction of sp³-hybridized carbons (Fsp3) is 0.500. The second-order valence-electron chi connectivity index (χ2n) is 2.26. The van der Waals surface area contributed by atoms with Crippen LogP contribution in [0.4, 0.5) is 11.5 Å². The maximum absolute atomic E-state index is 5.61. The van der Waals surface area contributed by atoms with Crippen LogP contribution in [0.5, 0.6) is 0 Å². The normalized spacial score (nSPS) is 10.1. The summed E-state index contributed by atoms with van der Waals surface area (Å²) in [6, 6.07) is 0. The van der Waals surface area contributed by atoms with Crippen molar-refractivity contribution in [3.63, 3.8) is 0 Å². The van der Waals surface area contributed by atoms with Crippen molar-refractivity contribution in [3.05, 3.63) is 6.20 Å². The average molecular weight is 156 g/mol. The minimum atomic E-state index is 0.608. The second kappa shape index (κ2) is 2.79. The van der Waals surface area contributed by atoms with Crippen LogP contribution >= 0.6 is 0 Å². The van der Waals surface area contributed by atoms with E-state index in [0.29, 0.717) is 11.5 Å². The molecular weight excluding hydrogens is 144 g/mol. The van der Waals surface area contributed by atoms with Crippen molar-refractivity contribution < 1.29 is 4.84 Å². The molecular formula is C6H12N4O. The Hall–Kier alpha value is -1.23. The molecule has 11 heavy (non-hydrogen) atoms. The van der Waals surface area contributed by atoms with E-state index in [1.54, 1.807) is 25.0 Å². The van der Waals surface area contributed by atoms with Crippen molar-refractivity contribution in [1.82, 2.24) is 9.78 Å². The van der Waals surface area contributed by atoms with Gasteiger partial charge < -0.3 is 5.73 Å². The first kappa shape index (κ1) is 7.87. The van der Waals surface area contributed by atoms with Crippen molar-refractivity contribution in [2.75, 3.05) is 25.0 Å². The first-order chi connectivity index (χ1) is 5.15. The molecule has 0 aliphatic heterocycles. The van der Waals surface area contributed by atoms with Crippen LogP contribution in [0.3, 0.4) is 0 Å². The van der Waals surface area contributed by atoms with Crippen LogP contribution < -0.4 is 10.8 Å². The number of aromatic nitrogens is 2. The largest absolute Gasteiger partial charge is 0.394 e. The van der Waals surface area contributed by atoms with Gasteiger partial charge in [0.15, 0.2) is 5.82 Å². The Morgan fingerprint density at radius 1 is 1.73 bits per heavy atom. The minimum absolute atomic E-state index is 0.608. The van der Waals surface area contributed by atoms with E-state index in [2.05, 4.69) is 5.10 Å². The third-order valence-electron chi connectivity index (χ3n) is 1.41. The van der Waals surface area contributed by atoms with Crippen molar-refractivity contribution >= 4 is 11.5 Å². The van der Waals surface area contributed by atoms with Gasteiger partial charge >= 0.3 is 0 Å². The zero-order chi connectivity index (χ0) is 8.43. The Balaban J connectivity index is 2.93. The van der Waals surface area contributed by atoms with E-state index in [4.69, 9.17) is 10.6 Å². The molecule has 0 aliphatic carbocycles. The quantitative estimate of drug-likeness (QED) is 0.612. The van der Waals surface area contributed by atoms with Gasteiger partial charge in [0.2, 0.25) is 0 Å². The molecule has 0 spiro atoms. The molecule has 0 amide bonds. The number of hydroxylamine groups is 1. The molecule has 0 aromatic carbocycles. The van der Waals surface area contributed by atoms with Crippen molar-refractivity contribution in [3.8, 4) is 0 Å². The Kier molecular flexibility index (Phi) is 2.00. The first-order valence-corrected chi connectivity index (χ1v) is 3.22. The van der Waals surface area contributed by atoms with Gasteiger partial charge in [0, 0.05) is 20.3 Å². The number of hydrogen-bond donors (Lipinski definition) is 1. The SMILES string of the molecule is CON(C)c1nn(C)cc1N. The van der Waals surface area contributed by atoms with Gasteiger partial charge in [-0.15, -0.1) is 0 Å². The number of nitrogens with zero attached hydrogens (tertiary/aromatic N) is 3. The molecule has 0 aliphatic rings. The van der Waals surface area contributed by atoms with E-state index in [1.165, 1.54) is 5.06 Å². The molecule has 1 rings (SSSR count). The fourth-order valence-corrected chi connectivity index (χ4v) is 0.826. The van der Waals surface area contributed by atoms with Crippen LogP contribution in [-0.2, 0) is 11.9 Å². The second-order valence-corrected chi connectivity index (χ2v) is 2.26. The van der Waals surface area contributed by atoms with Crippen LogP contribution in [0.25, 0.3) is 0 Å². The first-order valence-electron chi connectivity index (χ1n) is 3.22. The molecule has 0 unspecified atom stereocenters. The van der Waals surface area contributed by atoms with E-state index in [1.807, 2.05) is 7.05 Å². The van der Waals surface area contributed by atoms with Gasteiger partial charge in [-0.25, -0.2) is 5.06 Å². The van der Waals surface area contributed by atoms with Crippen LogP contribution in [0.1, 0.15) is 0 Å². The molecule has 5 nitrogen and oxygen atoms in total.